The van der Waals surface area contributed by atoms with Crippen molar-refractivity contribution in [2.75, 3.05) is 26.8 Å². The van der Waals surface area contributed by atoms with Crippen LogP contribution in [-0.4, -0.2) is 42.9 Å². The third-order valence-corrected chi connectivity index (χ3v) is 4.32. The lowest BCUT2D eigenvalue weighted by molar-refractivity contribution is 0.0775. The summed E-state index contributed by atoms with van der Waals surface area (Å²) in [5.41, 5.74) is 0.903. The molecule has 110 valence electrons. The average molecular weight is 277 g/mol. The standard InChI is InChI=1S/C16H23NO3/c1-17(13-4-2-5-13)11-14(18)12-6-7-15-16(10-12)20-9-3-8-19-15/h6-7,10,13-14,18H,2-5,8-9,11H2,1H3. The topological polar surface area (TPSA) is 41.9 Å². The van der Waals surface area contributed by atoms with Gasteiger partial charge < -0.3 is 19.5 Å². The molecule has 4 nitrogen and oxygen atoms in total. The maximum atomic E-state index is 10.4. The minimum Gasteiger partial charge on any atom is -0.490 e. The Bertz CT molecular complexity index is 459. The molecule has 0 spiro atoms. The molecule has 2 aliphatic rings. The average Bonchev–Trinajstić information content (AvgIpc) is 2.60. The highest BCUT2D eigenvalue weighted by Crippen LogP contribution is 2.33. The molecule has 1 atom stereocenters. The zero-order valence-corrected chi connectivity index (χ0v) is 12.0. The van der Waals surface area contributed by atoms with Gasteiger partial charge in [-0.05, 0) is 37.6 Å². The summed E-state index contributed by atoms with van der Waals surface area (Å²) in [5.74, 6) is 1.54. The molecule has 1 aromatic carbocycles. The van der Waals surface area contributed by atoms with Crippen molar-refractivity contribution in [1.29, 1.82) is 0 Å². The van der Waals surface area contributed by atoms with Crippen LogP contribution in [0.15, 0.2) is 18.2 Å². The Morgan fingerprint density at radius 3 is 2.65 bits per heavy atom. The fourth-order valence-electron chi connectivity index (χ4n) is 2.74. The van der Waals surface area contributed by atoms with Gasteiger partial charge in [-0.25, -0.2) is 0 Å². The van der Waals surface area contributed by atoms with E-state index >= 15 is 0 Å². The molecule has 3 rings (SSSR count). The molecule has 0 bridgehead atoms. The number of ether oxygens (including phenoxy) is 2. The molecule has 0 saturated heterocycles. The molecular formula is C16H23NO3. The molecule has 1 aliphatic carbocycles. The minimum absolute atomic E-state index is 0.474. The van der Waals surface area contributed by atoms with Crippen LogP contribution in [-0.2, 0) is 0 Å². The molecule has 20 heavy (non-hydrogen) atoms. The maximum Gasteiger partial charge on any atom is 0.161 e. The van der Waals surface area contributed by atoms with E-state index in [1.54, 1.807) is 0 Å². The summed E-state index contributed by atoms with van der Waals surface area (Å²) in [5, 5.41) is 10.4. The van der Waals surface area contributed by atoms with Crippen molar-refractivity contribution in [2.45, 2.75) is 37.8 Å². The van der Waals surface area contributed by atoms with E-state index in [1.165, 1.54) is 19.3 Å². The fourth-order valence-corrected chi connectivity index (χ4v) is 2.74. The lowest BCUT2D eigenvalue weighted by Crippen LogP contribution is -2.39. The van der Waals surface area contributed by atoms with Crippen LogP contribution in [0.4, 0.5) is 0 Å². The smallest absolute Gasteiger partial charge is 0.161 e. The van der Waals surface area contributed by atoms with E-state index in [1.807, 2.05) is 18.2 Å². The summed E-state index contributed by atoms with van der Waals surface area (Å²) in [7, 11) is 2.09. The van der Waals surface area contributed by atoms with Gasteiger partial charge in [0.25, 0.3) is 0 Å². The zero-order valence-electron chi connectivity index (χ0n) is 12.0. The van der Waals surface area contributed by atoms with Crippen LogP contribution in [0.1, 0.15) is 37.4 Å². The van der Waals surface area contributed by atoms with E-state index in [2.05, 4.69) is 11.9 Å². The second-order valence-corrected chi connectivity index (χ2v) is 5.80. The summed E-state index contributed by atoms with van der Waals surface area (Å²) in [6.07, 6.45) is 4.25. The number of fused-ring (bicyclic) bond motifs is 1. The predicted molar refractivity (Wildman–Crippen MR) is 77.3 cm³/mol. The normalized spacial score (nSPS) is 20.4. The summed E-state index contributed by atoms with van der Waals surface area (Å²) >= 11 is 0. The number of aliphatic hydroxyl groups excluding tert-OH is 1. The van der Waals surface area contributed by atoms with Crippen molar-refractivity contribution in [3.8, 4) is 11.5 Å². The maximum absolute atomic E-state index is 10.4. The minimum atomic E-state index is -0.474. The number of likely N-dealkylation sites (N-methyl/N-ethyl adjacent to an activating group) is 1. The van der Waals surface area contributed by atoms with Gasteiger partial charge in [0.2, 0.25) is 0 Å². The first-order chi connectivity index (χ1) is 9.74. The first kappa shape index (κ1) is 13.7. The van der Waals surface area contributed by atoms with E-state index in [9.17, 15) is 5.11 Å². The molecule has 1 aliphatic heterocycles. The number of nitrogens with zero attached hydrogens (tertiary/aromatic N) is 1. The predicted octanol–water partition coefficient (Wildman–Crippen LogP) is 2.37. The first-order valence-corrected chi connectivity index (χ1v) is 7.52. The molecule has 1 N–H and O–H groups in total. The Hall–Kier alpha value is -1.26. The first-order valence-electron chi connectivity index (χ1n) is 7.52. The van der Waals surface area contributed by atoms with Crippen molar-refractivity contribution >= 4 is 0 Å². The summed E-state index contributed by atoms with van der Waals surface area (Å²) in [6, 6.07) is 6.40. The van der Waals surface area contributed by atoms with Crippen LogP contribution in [0.25, 0.3) is 0 Å². The number of rotatable bonds is 4. The summed E-state index contributed by atoms with van der Waals surface area (Å²) < 4.78 is 11.3. The lowest BCUT2D eigenvalue weighted by Gasteiger charge is -2.35. The van der Waals surface area contributed by atoms with Gasteiger partial charge in [0.15, 0.2) is 11.5 Å². The second-order valence-electron chi connectivity index (χ2n) is 5.80. The van der Waals surface area contributed by atoms with Gasteiger partial charge in [0, 0.05) is 19.0 Å². The van der Waals surface area contributed by atoms with Gasteiger partial charge in [-0.3, -0.25) is 0 Å². The van der Waals surface area contributed by atoms with Crippen LogP contribution in [0.5, 0.6) is 11.5 Å². The van der Waals surface area contributed by atoms with Gasteiger partial charge >= 0.3 is 0 Å². The van der Waals surface area contributed by atoms with Crippen LogP contribution in [0, 0.1) is 0 Å². The molecule has 4 heteroatoms. The van der Waals surface area contributed by atoms with Crippen molar-refractivity contribution < 1.29 is 14.6 Å². The van der Waals surface area contributed by atoms with E-state index in [0.717, 1.165) is 23.5 Å². The molecule has 1 heterocycles. The molecule has 1 saturated carbocycles. The van der Waals surface area contributed by atoms with Gasteiger partial charge in [-0.2, -0.15) is 0 Å². The molecular weight excluding hydrogens is 254 g/mol. The highest BCUT2D eigenvalue weighted by Gasteiger charge is 2.24. The highest BCUT2D eigenvalue weighted by molar-refractivity contribution is 5.44. The van der Waals surface area contributed by atoms with Gasteiger partial charge in [-0.1, -0.05) is 12.5 Å². The van der Waals surface area contributed by atoms with Gasteiger partial charge in [-0.15, -0.1) is 0 Å². The number of benzene rings is 1. The van der Waals surface area contributed by atoms with E-state index in [4.69, 9.17) is 9.47 Å². The molecule has 1 aromatic rings. The highest BCUT2D eigenvalue weighted by atomic mass is 16.5. The Balaban J connectivity index is 1.67. The van der Waals surface area contributed by atoms with E-state index in [-0.39, 0.29) is 0 Å². The molecule has 0 amide bonds. The van der Waals surface area contributed by atoms with Crippen LogP contribution < -0.4 is 9.47 Å². The molecule has 1 fully saturated rings. The van der Waals surface area contributed by atoms with Crippen molar-refractivity contribution in [2.24, 2.45) is 0 Å². The summed E-state index contributed by atoms with van der Waals surface area (Å²) in [4.78, 5) is 2.26. The Kier molecular flexibility index (Phi) is 4.13. The monoisotopic (exact) mass is 277 g/mol. The van der Waals surface area contributed by atoms with Crippen LogP contribution in [0.2, 0.25) is 0 Å². The van der Waals surface area contributed by atoms with E-state index < -0.39 is 6.10 Å². The second kappa shape index (κ2) is 6.02. The number of hydrogen-bond acceptors (Lipinski definition) is 4. The van der Waals surface area contributed by atoms with Crippen molar-refractivity contribution in [3.63, 3.8) is 0 Å². The SMILES string of the molecule is CN(CC(O)c1ccc2c(c1)OCCCO2)C1CCC1. The summed E-state index contributed by atoms with van der Waals surface area (Å²) in [6.45, 7) is 2.04. The molecule has 1 unspecified atom stereocenters. The Morgan fingerprint density at radius 2 is 1.95 bits per heavy atom. The number of aliphatic hydroxyl groups is 1. The fraction of sp³-hybridized carbons (Fsp3) is 0.625. The van der Waals surface area contributed by atoms with Crippen molar-refractivity contribution in [1.82, 2.24) is 4.90 Å². The van der Waals surface area contributed by atoms with E-state index in [0.29, 0.717) is 25.8 Å². The Morgan fingerprint density at radius 1 is 1.20 bits per heavy atom. The molecule has 0 aromatic heterocycles. The largest absolute Gasteiger partial charge is 0.490 e. The third kappa shape index (κ3) is 2.91. The third-order valence-electron chi connectivity index (χ3n) is 4.32. The van der Waals surface area contributed by atoms with Gasteiger partial charge in [0.1, 0.15) is 0 Å². The van der Waals surface area contributed by atoms with Gasteiger partial charge in [0.05, 0.1) is 19.3 Å². The quantitative estimate of drug-likeness (QED) is 0.917. The lowest BCUT2D eigenvalue weighted by atomic mass is 9.91. The zero-order chi connectivity index (χ0) is 13.9. The number of hydrogen-bond donors (Lipinski definition) is 1. The van der Waals surface area contributed by atoms with Crippen LogP contribution in [0.3, 0.4) is 0 Å². The van der Waals surface area contributed by atoms with Crippen molar-refractivity contribution in [3.05, 3.63) is 23.8 Å². The van der Waals surface area contributed by atoms with Crippen LogP contribution >= 0.6 is 0 Å². The molecule has 0 radical (unpaired) electrons. The Labute approximate surface area is 120 Å².